The molecule has 0 atom stereocenters. The minimum atomic E-state index is -0.334. The summed E-state index contributed by atoms with van der Waals surface area (Å²) in [5, 5.41) is 2.70. The monoisotopic (exact) mass is 433 g/mol. The lowest BCUT2D eigenvalue weighted by Crippen LogP contribution is -2.32. The van der Waals surface area contributed by atoms with E-state index in [1.807, 2.05) is 0 Å². The van der Waals surface area contributed by atoms with Crippen LogP contribution in [0.4, 0.5) is 5.69 Å². The van der Waals surface area contributed by atoms with Crippen LogP contribution in [-0.4, -0.2) is 54.4 Å². The lowest BCUT2D eigenvalue weighted by molar-refractivity contribution is -0.121. The molecule has 164 valence electrons. The highest BCUT2D eigenvalue weighted by molar-refractivity contribution is 6.21. The fraction of sp³-hybridized carbons (Fsp3) is 0.292. The highest BCUT2D eigenvalue weighted by Gasteiger charge is 2.34. The molecule has 8 heteroatoms. The van der Waals surface area contributed by atoms with E-state index in [9.17, 15) is 24.0 Å². The van der Waals surface area contributed by atoms with Gasteiger partial charge in [0.2, 0.25) is 11.8 Å². The number of carbonyl (C=O) groups excluding carboxylic acids is 5. The number of anilines is 1. The Kier molecular flexibility index (Phi) is 5.85. The number of hydrogen-bond donors (Lipinski definition) is 1. The Morgan fingerprint density at radius 2 is 1.66 bits per heavy atom. The largest absolute Gasteiger partial charge is 0.356 e. The fourth-order valence-electron chi connectivity index (χ4n) is 4.03. The Bertz CT molecular complexity index is 1110. The molecule has 4 amide bonds. The van der Waals surface area contributed by atoms with Crippen LogP contribution in [0.5, 0.6) is 0 Å². The number of fused-ring (bicyclic) bond motifs is 2. The van der Waals surface area contributed by atoms with Gasteiger partial charge in [0.25, 0.3) is 11.8 Å². The number of nitrogens with zero attached hydrogens (tertiary/aromatic N) is 2. The number of likely N-dealkylation sites (N-methyl/N-ethyl adjacent to an activating group) is 1. The van der Waals surface area contributed by atoms with Gasteiger partial charge in [-0.1, -0.05) is 12.1 Å². The number of rotatable bonds is 8. The summed E-state index contributed by atoms with van der Waals surface area (Å²) in [6, 6.07) is 11.9. The summed E-state index contributed by atoms with van der Waals surface area (Å²) >= 11 is 0. The van der Waals surface area contributed by atoms with Crippen LogP contribution in [0.15, 0.2) is 42.5 Å². The molecule has 2 aromatic carbocycles. The normalized spacial score (nSPS) is 14.6. The van der Waals surface area contributed by atoms with Crippen molar-refractivity contribution in [2.45, 2.75) is 25.7 Å². The van der Waals surface area contributed by atoms with Gasteiger partial charge in [-0.3, -0.25) is 28.9 Å². The first kappa shape index (κ1) is 21.4. The number of nitrogens with one attached hydrogen (secondary N) is 1. The smallest absolute Gasteiger partial charge is 0.261 e. The molecule has 0 fully saturated rings. The van der Waals surface area contributed by atoms with Gasteiger partial charge in [-0.2, -0.15) is 0 Å². The van der Waals surface area contributed by atoms with Crippen molar-refractivity contribution in [2.24, 2.45) is 0 Å². The van der Waals surface area contributed by atoms with Crippen LogP contribution >= 0.6 is 0 Å². The first-order valence-corrected chi connectivity index (χ1v) is 10.5. The van der Waals surface area contributed by atoms with E-state index in [0.717, 1.165) is 16.2 Å². The first-order valence-electron chi connectivity index (χ1n) is 10.5. The molecule has 2 aliphatic rings. The average molecular weight is 433 g/mol. The van der Waals surface area contributed by atoms with E-state index < -0.39 is 0 Å². The summed E-state index contributed by atoms with van der Waals surface area (Å²) < 4.78 is 0. The van der Waals surface area contributed by atoms with Crippen molar-refractivity contribution < 1.29 is 24.0 Å². The van der Waals surface area contributed by atoms with Gasteiger partial charge in [-0.15, -0.1) is 0 Å². The number of benzene rings is 2. The quantitative estimate of drug-likeness (QED) is 0.506. The van der Waals surface area contributed by atoms with Crippen molar-refractivity contribution in [1.29, 1.82) is 0 Å². The molecule has 0 unspecified atom stereocenters. The molecule has 0 bridgehead atoms. The maximum atomic E-state index is 12.4. The molecule has 2 aliphatic heterocycles. The molecular formula is C24H23N3O5. The summed E-state index contributed by atoms with van der Waals surface area (Å²) in [4.78, 5) is 63.7. The van der Waals surface area contributed by atoms with Crippen LogP contribution in [0.25, 0.3) is 0 Å². The van der Waals surface area contributed by atoms with E-state index in [1.54, 1.807) is 54.4 Å². The molecule has 0 spiro atoms. The molecule has 8 nitrogen and oxygen atoms in total. The van der Waals surface area contributed by atoms with Crippen LogP contribution < -0.4 is 10.2 Å². The number of hydrogen-bond acceptors (Lipinski definition) is 5. The van der Waals surface area contributed by atoms with Gasteiger partial charge in [-0.25, -0.2) is 0 Å². The molecule has 0 saturated carbocycles. The zero-order valence-electron chi connectivity index (χ0n) is 17.7. The number of ketones is 1. The van der Waals surface area contributed by atoms with Crippen LogP contribution in [-0.2, 0) is 16.0 Å². The van der Waals surface area contributed by atoms with Gasteiger partial charge in [0.15, 0.2) is 5.78 Å². The molecule has 4 rings (SSSR count). The van der Waals surface area contributed by atoms with E-state index in [1.165, 1.54) is 0 Å². The van der Waals surface area contributed by atoms with Gasteiger partial charge in [-0.05, 0) is 42.3 Å². The van der Waals surface area contributed by atoms with Gasteiger partial charge in [0.05, 0.1) is 17.5 Å². The zero-order chi connectivity index (χ0) is 22.8. The van der Waals surface area contributed by atoms with Gasteiger partial charge in [0, 0.05) is 44.2 Å². The Morgan fingerprint density at radius 1 is 0.969 bits per heavy atom. The molecule has 0 aromatic heterocycles. The lowest BCUT2D eigenvalue weighted by Gasteiger charge is -2.13. The first-order chi connectivity index (χ1) is 15.4. The third-order valence-electron chi connectivity index (χ3n) is 5.82. The van der Waals surface area contributed by atoms with E-state index in [2.05, 4.69) is 5.32 Å². The molecule has 0 radical (unpaired) electrons. The third kappa shape index (κ3) is 4.03. The van der Waals surface area contributed by atoms with Crippen LogP contribution in [0.1, 0.15) is 55.9 Å². The summed E-state index contributed by atoms with van der Waals surface area (Å²) in [7, 11) is 1.71. The van der Waals surface area contributed by atoms with E-state index in [4.69, 9.17) is 0 Å². The lowest BCUT2D eigenvalue weighted by atomic mass is 10.0. The summed E-state index contributed by atoms with van der Waals surface area (Å²) in [5.41, 5.74) is 2.95. The second kappa shape index (κ2) is 8.74. The number of carbonyl (C=O) groups is 5. The maximum Gasteiger partial charge on any atom is 0.261 e. The maximum absolute atomic E-state index is 12.4. The second-order valence-electron chi connectivity index (χ2n) is 7.91. The molecule has 2 heterocycles. The molecule has 0 aliphatic carbocycles. The van der Waals surface area contributed by atoms with Crippen molar-refractivity contribution in [3.63, 3.8) is 0 Å². The van der Waals surface area contributed by atoms with Crippen molar-refractivity contribution in [3.8, 4) is 0 Å². The number of amides is 4. The van der Waals surface area contributed by atoms with Crippen molar-refractivity contribution in [2.75, 3.05) is 25.0 Å². The number of Topliss-reactive ketones (excluding diaryl/α,β-unsaturated/α-hetero) is 1. The van der Waals surface area contributed by atoms with Crippen molar-refractivity contribution in [1.82, 2.24) is 10.2 Å². The Balaban J connectivity index is 1.20. The van der Waals surface area contributed by atoms with Crippen LogP contribution in [0.3, 0.4) is 0 Å². The summed E-state index contributed by atoms with van der Waals surface area (Å²) in [6.07, 6.45) is 0.927. The summed E-state index contributed by atoms with van der Waals surface area (Å²) in [6.45, 7) is 0.363. The van der Waals surface area contributed by atoms with Crippen LogP contribution in [0.2, 0.25) is 0 Å². The topological polar surface area (TPSA) is 104 Å². The molecule has 32 heavy (non-hydrogen) atoms. The number of imide groups is 1. The standard InChI is InChI=1S/C24H23N3O5/c1-26-19-9-8-15(13-16(19)14-22(26)30)20(28)10-11-25-21(29)7-4-12-27-23(31)17-5-2-3-6-18(17)24(27)32/h2-3,5-6,8-9,13H,4,7,10-12,14H2,1H3,(H,25,29). The van der Waals surface area contributed by atoms with Crippen molar-refractivity contribution >= 4 is 35.1 Å². The van der Waals surface area contributed by atoms with Crippen LogP contribution in [0, 0.1) is 0 Å². The van der Waals surface area contributed by atoms with Gasteiger partial charge >= 0.3 is 0 Å². The van der Waals surface area contributed by atoms with Gasteiger partial charge < -0.3 is 10.2 Å². The second-order valence-corrected chi connectivity index (χ2v) is 7.91. The fourth-order valence-corrected chi connectivity index (χ4v) is 4.03. The van der Waals surface area contributed by atoms with E-state index in [-0.39, 0.29) is 61.8 Å². The Morgan fingerprint density at radius 3 is 2.34 bits per heavy atom. The highest BCUT2D eigenvalue weighted by atomic mass is 16.2. The summed E-state index contributed by atoms with van der Waals surface area (Å²) in [5.74, 6) is -1.02. The predicted octanol–water partition coefficient (Wildman–Crippen LogP) is 1.97. The molecular weight excluding hydrogens is 410 g/mol. The Hall–Kier alpha value is -3.81. The van der Waals surface area contributed by atoms with Crippen molar-refractivity contribution in [3.05, 3.63) is 64.7 Å². The molecule has 2 aromatic rings. The zero-order valence-corrected chi connectivity index (χ0v) is 17.7. The van der Waals surface area contributed by atoms with E-state index >= 15 is 0 Å². The van der Waals surface area contributed by atoms with E-state index in [0.29, 0.717) is 23.1 Å². The molecule has 1 N–H and O–H groups in total. The predicted molar refractivity (Wildman–Crippen MR) is 117 cm³/mol. The average Bonchev–Trinajstić information content (AvgIpc) is 3.21. The minimum Gasteiger partial charge on any atom is -0.356 e. The SMILES string of the molecule is CN1C(=O)Cc2cc(C(=O)CCNC(=O)CCCN3C(=O)c4ccccc4C3=O)ccc21. The Labute approximate surface area is 185 Å². The highest BCUT2D eigenvalue weighted by Crippen LogP contribution is 2.28. The third-order valence-corrected chi connectivity index (χ3v) is 5.82. The van der Waals surface area contributed by atoms with Gasteiger partial charge in [0.1, 0.15) is 0 Å². The minimum absolute atomic E-state index is 0.00178. The molecule has 0 saturated heterocycles.